The summed E-state index contributed by atoms with van der Waals surface area (Å²) in [5.74, 6) is -4.90. The van der Waals surface area contributed by atoms with Gasteiger partial charge in [-0.15, -0.1) is 0 Å². The molecular weight excluding hydrogens is 708 g/mol. The van der Waals surface area contributed by atoms with Gasteiger partial charge in [0, 0.05) is 80.0 Å². The highest BCUT2D eigenvalue weighted by molar-refractivity contribution is 5.99. The number of Topliss-reactive ketones (excluding diaryl/α,β-unsaturated/α-hetero) is 2. The number of nitrogens with two attached hydrogens (primary N) is 1. The van der Waals surface area contributed by atoms with Crippen LogP contribution >= 0.6 is 0 Å². The van der Waals surface area contributed by atoms with Crippen LogP contribution in [0.1, 0.15) is 86.1 Å². The highest BCUT2D eigenvalue weighted by Gasteiger charge is 2.45. The van der Waals surface area contributed by atoms with Gasteiger partial charge in [-0.3, -0.25) is 19.4 Å². The number of nitroso groups, excluding NO2 is 1. The number of ketones is 2. The van der Waals surface area contributed by atoms with Crippen LogP contribution in [0.15, 0.2) is 35.9 Å². The van der Waals surface area contributed by atoms with Gasteiger partial charge < -0.3 is 39.8 Å². The van der Waals surface area contributed by atoms with Crippen molar-refractivity contribution in [2.45, 2.75) is 117 Å². The van der Waals surface area contributed by atoms with Crippen LogP contribution in [0.25, 0.3) is 5.70 Å². The molecule has 0 radical (unpaired) electrons. The van der Waals surface area contributed by atoms with Gasteiger partial charge >= 0.3 is 12.1 Å². The van der Waals surface area contributed by atoms with E-state index < -0.39 is 71.9 Å². The molecule has 2 aliphatic heterocycles. The van der Waals surface area contributed by atoms with E-state index in [2.05, 4.69) is 15.1 Å². The second-order valence-corrected chi connectivity index (χ2v) is 15.7. The highest BCUT2D eigenvalue weighted by atomic mass is 16.7. The van der Waals surface area contributed by atoms with Crippen LogP contribution in [0.3, 0.4) is 0 Å². The number of carbonyl (C=O) groups excluding carboxylic acids is 3. The largest absolute Gasteiger partial charge is 0.465 e. The molecular formula is C40H64N6O9. The van der Waals surface area contributed by atoms with Gasteiger partial charge in [0.1, 0.15) is 11.7 Å². The quantitative estimate of drug-likeness (QED) is 0.117. The number of nitrogens with zero attached hydrogens (tertiary/aromatic N) is 5. The average molecular weight is 773 g/mol. The van der Waals surface area contributed by atoms with Crippen molar-refractivity contribution < 1.29 is 38.5 Å². The number of pyridine rings is 1. The lowest BCUT2D eigenvalue weighted by atomic mass is 9.78. The molecule has 0 bridgehead atoms. The summed E-state index contributed by atoms with van der Waals surface area (Å²) in [7, 11) is 3.71. The molecule has 15 nitrogen and oxygen atoms in total. The number of rotatable bonds is 13. The van der Waals surface area contributed by atoms with E-state index in [-0.39, 0.29) is 37.5 Å². The van der Waals surface area contributed by atoms with Crippen LogP contribution in [0.4, 0.5) is 4.79 Å². The Hall–Kier alpha value is -3.95. The molecule has 0 spiro atoms. The summed E-state index contributed by atoms with van der Waals surface area (Å²) in [4.78, 5) is 75.5. The van der Waals surface area contributed by atoms with Crippen LogP contribution < -0.4 is 5.73 Å². The lowest BCUT2D eigenvalue weighted by Gasteiger charge is -2.43. The van der Waals surface area contributed by atoms with E-state index in [9.17, 15) is 29.2 Å². The summed E-state index contributed by atoms with van der Waals surface area (Å²) in [6.07, 6.45) is 4.07. The normalized spacial score (nSPS) is 31.7. The number of hydrogen-bond donors (Lipinski definition) is 2. The monoisotopic (exact) mass is 772 g/mol. The molecule has 0 aromatic carbocycles. The van der Waals surface area contributed by atoms with Gasteiger partial charge in [-0.1, -0.05) is 32.9 Å². The maximum absolute atomic E-state index is 14.1. The van der Waals surface area contributed by atoms with E-state index in [1.807, 2.05) is 58.1 Å². The number of carboxylic acid groups (broad SMARTS) is 1. The SMILES string of the molecule is CCN(/C=C(\N)c1cccnc1)CCCCN(C(=O)O)[C@H]1CCOC(=O)[C@H](C)C(=O)[C@H](C)[C@@H](O[C@@H]2O[C@H](C)C[C@H](N(C)C)[C@H]2N=O)[C@@H](C)C[C@@H](C)C(=O)[C@@H]1C. The molecule has 15 heteroatoms. The van der Waals surface area contributed by atoms with Crippen molar-refractivity contribution in [2.75, 3.05) is 40.3 Å². The van der Waals surface area contributed by atoms with Crippen LogP contribution in [0.5, 0.6) is 0 Å². The topological polar surface area (TPSA) is 194 Å². The Morgan fingerprint density at radius 3 is 2.33 bits per heavy atom. The van der Waals surface area contributed by atoms with Crippen molar-refractivity contribution >= 4 is 29.3 Å². The van der Waals surface area contributed by atoms with Gasteiger partial charge in [0.05, 0.1) is 24.5 Å². The summed E-state index contributed by atoms with van der Waals surface area (Å²) in [6, 6.07) is 1.79. The minimum absolute atomic E-state index is 0.0885. The number of cyclic esters (lactones) is 1. The van der Waals surface area contributed by atoms with Gasteiger partial charge in [-0.25, -0.2) is 4.79 Å². The van der Waals surface area contributed by atoms with Gasteiger partial charge in [-0.2, -0.15) is 4.91 Å². The average Bonchev–Trinajstić information content (AvgIpc) is 3.16. The molecule has 0 aliphatic carbocycles. The molecule has 0 saturated carbocycles. The lowest BCUT2D eigenvalue weighted by Crippen LogP contribution is -2.55. The molecule has 3 rings (SSSR count). The summed E-state index contributed by atoms with van der Waals surface area (Å²) >= 11 is 0. The van der Waals surface area contributed by atoms with Crippen molar-refractivity contribution in [1.82, 2.24) is 19.7 Å². The van der Waals surface area contributed by atoms with E-state index >= 15 is 0 Å². The van der Waals surface area contributed by atoms with Gasteiger partial charge in [0.2, 0.25) is 0 Å². The standard InChI is InChI=1S/C40H64N6O9/c1-10-45(23-31(41)30-14-13-16-42-22-30)17-11-12-18-46(40(50)51)32-15-19-53-38(49)29(7)36(48)28(6)37(25(3)20-24(2)35(47)27(32)5)55-39-34(43-52)33(44(8)9)21-26(4)54-39/h13-14,16,22-29,32-34,37,39H,10-12,15,17-21,41H2,1-9H3,(H,50,51)/b31-23-/t24-,25+,26-,27-,28+,29-,32+,33+,34-,37+,39+/m1/s1. The zero-order valence-electron chi connectivity index (χ0n) is 34.1. The Kier molecular flexibility index (Phi) is 17.7. The molecule has 3 N–H and O–H groups in total. The number of unbranched alkanes of at least 4 members (excludes halogenated alkanes) is 1. The summed E-state index contributed by atoms with van der Waals surface area (Å²) in [5, 5.41) is 13.8. The zero-order chi connectivity index (χ0) is 41.0. The minimum atomic E-state index is -1.17. The molecule has 1 aromatic heterocycles. The molecule has 0 unspecified atom stereocenters. The van der Waals surface area contributed by atoms with Crippen molar-refractivity contribution in [1.29, 1.82) is 0 Å². The molecule has 3 heterocycles. The van der Waals surface area contributed by atoms with E-state index in [1.165, 1.54) is 11.8 Å². The first kappa shape index (κ1) is 45.4. The molecule has 2 saturated heterocycles. The fourth-order valence-electron chi connectivity index (χ4n) is 7.99. The molecule has 308 valence electrons. The number of ether oxygens (including phenoxy) is 3. The minimum Gasteiger partial charge on any atom is -0.465 e. The number of aromatic nitrogens is 1. The first-order valence-electron chi connectivity index (χ1n) is 19.7. The van der Waals surface area contributed by atoms with Crippen molar-refractivity contribution in [2.24, 2.45) is 40.5 Å². The molecule has 2 aliphatic rings. The second-order valence-electron chi connectivity index (χ2n) is 15.7. The lowest BCUT2D eigenvalue weighted by molar-refractivity contribution is -0.244. The molecule has 1 aromatic rings. The van der Waals surface area contributed by atoms with Crippen molar-refractivity contribution in [3.05, 3.63) is 41.2 Å². The maximum Gasteiger partial charge on any atom is 0.407 e. The fraction of sp³-hybridized carbons (Fsp3) is 0.725. The Morgan fingerprint density at radius 2 is 1.73 bits per heavy atom. The molecule has 1 amide bonds. The number of hydrogen-bond acceptors (Lipinski definition) is 13. The first-order chi connectivity index (χ1) is 26.0. The van der Waals surface area contributed by atoms with Crippen LogP contribution in [-0.2, 0) is 28.6 Å². The number of likely N-dealkylation sites (N-methyl/N-ethyl adjacent to an activating group) is 1. The second kappa shape index (κ2) is 21.4. The number of esters is 1. The Bertz CT molecular complexity index is 1460. The summed E-state index contributed by atoms with van der Waals surface area (Å²) in [5.41, 5.74) is 7.67. The molecule has 2 fully saturated rings. The Labute approximate surface area is 326 Å². The third-order valence-corrected chi connectivity index (χ3v) is 11.3. The van der Waals surface area contributed by atoms with Gasteiger partial charge in [-0.05, 0) is 78.6 Å². The molecule has 11 atom stereocenters. The number of amides is 1. The summed E-state index contributed by atoms with van der Waals surface area (Å²) < 4.78 is 18.2. The van der Waals surface area contributed by atoms with Crippen LogP contribution in [0, 0.1) is 34.5 Å². The van der Waals surface area contributed by atoms with Crippen LogP contribution in [-0.4, -0.2) is 125 Å². The van der Waals surface area contributed by atoms with E-state index in [0.717, 1.165) is 5.56 Å². The smallest absolute Gasteiger partial charge is 0.407 e. The van der Waals surface area contributed by atoms with Crippen LogP contribution in [0.2, 0.25) is 0 Å². The van der Waals surface area contributed by atoms with E-state index in [1.54, 1.807) is 33.2 Å². The first-order valence-corrected chi connectivity index (χ1v) is 19.7. The fourth-order valence-corrected chi connectivity index (χ4v) is 7.99. The van der Waals surface area contributed by atoms with Gasteiger partial charge in [0.25, 0.3) is 0 Å². The highest BCUT2D eigenvalue weighted by Crippen LogP contribution is 2.34. The maximum atomic E-state index is 14.1. The predicted molar refractivity (Wildman–Crippen MR) is 208 cm³/mol. The van der Waals surface area contributed by atoms with Crippen molar-refractivity contribution in [3.8, 4) is 0 Å². The third-order valence-electron chi connectivity index (χ3n) is 11.3. The van der Waals surface area contributed by atoms with E-state index in [4.69, 9.17) is 19.9 Å². The Morgan fingerprint density at radius 1 is 1.04 bits per heavy atom. The van der Waals surface area contributed by atoms with Gasteiger partial charge in [0.15, 0.2) is 18.1 Å². The Balaban J connectivity index is 1.83. The van der Waals surface area contributed by atoms with E-state index in [0.29, 0.717) is 44.5 Å². The summed E-state index contributed by atoms with van der Waals surface area (Å²) in [6.45, 7) is 13.8. The molecule has 55 heavy (non-hydrogen) atoms. The predicted octanol–water partition coefficient (Wildman–Crippen LogP) is 5.03. The zero-order valence-corrected chi connectivity index (χ0v) is 34.1. The number of carbonyl (C=O) groups is 4. The van der Waals surface area contributed by atoms with Crippen molar-refractivity contribution in [3.63, 3.8) is 0 Å². The third kappa shape index (κ3) is 12.3.